The predicted molar refractivity (Wildman–Crippen MR) is 80.3 cm³/mol. The molecular formula is C16H11ClN2O. The summed E-state index contributed by atoms with van der Waals surface area (Å²) in [6, 6.07) is 15.5. The second-order valence-electron chi connectivity index (χ2n) is 4.45. The van der Waals surface area contributed by atoms with Gasteiger partial charge in [0.25, 0.3) is 0 Å². The second kappa shape index (κ2) is 5.33. The molecule has 0 spiro atoms. The molecule has 0 atom stereocenters. The van der Waals surface area contributed by atoms with E-state index in [1.807, 2.05) is 59.3 Å². The largest absolute Gasteiger partial charge is 0.341 e. The molecule has 3 aromatic rings. The first kappa shape index (κ1) is 12.7. The number of hydrogen-bond donors (Lipinski definition) is 0. The minimum absolute atomic E-state index is 0.627. The standard InChI is InChI=1S/C16H11ClN2O/c17-14-7-3-1-5-12(14)9-19-10-15(18-11-20)13-6-2-4-8-16(13)19/h1-8,10H,9H2. The first-order chi connectivity index (χ1) is 9.79. The van der Waals surface area contributed by atoms with Crippen molar-refractivity contribution in [1.82, 2.24) is 4.57 Å². The third kappa shape index (κ3) is 2.25. The van der Waals surface area contributed by atoms with Crippen LogP contribution in [-0.4, -0.2) is 10.6 Å². The zero-order valence-corrected chi connectivity index (χ0v) is 11.3. The molecule has 1 aromatic heterocycles. The molecule has 0 radical (unpaired) electrons. The summed E-state index contributed by atoms with van der Waals surface area (Å²) in [5, 5.41) is 1.66. The maximum atomic E-state index is 10.5. The van der Waals surface area contributed by atoms with Crippen LogP contribution in [0.25, 0.3) is 10.9 Å². The molecule has 4 heteroatoms. The molecule has 0 fully saturated rings. The smallest absolute Gasteiger partial charge is 0.240 e. The van der Waals surface area contributed by atoms with Crippen LogP contribution in [0.3, 0.4) is 0 Å². The van der Waals surface area contributed by atoms with Crippen molar-refractivity contribution in [1.29, 1.82) is 0 Å². The first-order valence-corrected chi connectivity index (χ1v) is 6.56. The fourth-order valence-electron chi connectivity index (χ4n) is 2.31. The highest BCUT2D eigenvalue weighted by atomic mass is 35.5. The molecule has 20 heavy (non-hydrogen) atoms. The van der Waals surface area contributed by atoms with Crippen molar-refractivity contribution in [2.45, 2.75) is 6.54 Å². The molecule has 0 aliphatic heterocycles. The number of carbonyl (C=O) groups excluding carboxylic acids is 1. The van der Waals surface area contributed by atoms with Gasteiger partial charge in [-0.15, -0.1) is 0 Å². The van der Waals surface area contributed by atoms with Crippen LogP contribution < -0.4 is 0 Å². The fraction of sp³-hybridized carbons (Fsp3) is 0.0625. The number of fused-ring (bicyclic) bond motifs is 1. The molecule has 0 amide bonds. The summed E-state index contributed by atoms with van der Waals surface area (Å²) in [7, 11) is 0. The third-order valence-corrected chi connectivity index (χ3v) is 3.60. The highest BCUT2D eigenvalue weighted by molar-refractivity contribution is 6.31. The number of nitrogens with zero attached hydrogens (tertiary/aromatic N) is 2. The Morgan fingerprint density at radius 3 is 2.65 bits per heavy atom. The topological polar surface area (TPSA) is 34.4 Å². The molecule has 3 rings (SSSR count). The van der Waals surface area contributed by atoms with Gasteiger partial charge < -0.3 is 4.57 Å². The fourth-order valence-corrected chi connectivity index (χ4v) is 2.50. The first-order valence-electron chi connectivity index (χ1n) is 6.19. The van der Waals surface area contributed by atoms with E-state index in [2.05, 4.69) is 4.99 Å². The maximum Gasteiger partial charge on any atom is 0.240 e. The maximum absolute atomic E-state index is 10.5. The Morgan fingerprint density at radius 2 is 1.85 bits per heavy atom. The Morgan fingerprint density at radius 1 is 1.10 bits per heavy atom. The van der Waals surface area contributed by atoms with Gasteiger partial charge >= 0.3 is 0 Å². The summed E-state index contributed by atoms with van der Waals surface area (Å²) >= 11 is 6.19. The molecule has 0 saturated heterocycles. The van der Waals surface area contributed by atoms with Crippen molar-refractivity contribution >= 4 is 34.3 Å². The molecule has 98 valence electrons. The SMILES string of the molecule is O=C=Nc1cn(Cc2ccccc2Cl)c2ccccc12. The summed E-state index contributed by atoms with van der Waals surface area (Å²) in [6.45, 7) is 0.633. The Bertz CT molecular complexity index is 816. The van der Waals surface area contributed by atoms with Crippen LogP contribution in [-0.2, 0) is 11.3 Å². The van der Waals surface area contributed by atoms with Crippen LogP contribution in [0.2, 0.25) is 5.02 Å². The van der Waals surface area contributed by atoms with Crippen LogP contribution in [0.1, 0.15) is 5.56 Å². The molecule has 0 saturated carbocycles. The van der Waals surface area contributed by atoms with Gasteiger partial charge in [0, 0.05) is 23.2 Å². The Kier molecular flexibility index (Phi) is 3.38. The molecule has 0 aliphatic rings. The van der Waals surface area contributed by atoms with E-state index in [0.29, 0.717) is 12.2 Å². The quantitative estimate of drug-likeness (QED) is 0.521. The summed E-state index contributed by atoms with van der Waals surface area (Å²) in [5.74, 6) is 0. The lowest BCUT2D eigenvalue weighted by molar-refractivity contribution is 0.565. The van der Waals surface area contributed by atoms with Crippen LogP contribution in [0.4, 0.5) is 5.69 Å². The van der Waals surface area contributed by atoms with Crippen LogP contribution in [0, 0.1) is 0 Å². The van der Waals surface area contributed by atoms with Crippen LogP contribution >= 0.6 is 11.6 Å². The summed E-state index contributed by atoms with van der Waals surface area (Å²) in [5.41, 5.74) is 2.67. The average molecular weight is 283 g/mol. The summed E-state index contributed by atoms with van der Waals surface area (Å²) < 4.78 is 2.03. The van der Waals surface area contributed by atoms with Crippen molar-refractivity contribution in [2.75, 3.05) is 0 Å². The number of hydrogen-bond acceptors (Lipinski definition) is 2. The van der Waals surface area contributed by atoms with Gasteiger partial charge in [0.1, 0.15) is 5.69 Å². The highest BCUT2D eigenvalue weighted by Crippen LogP contribution is 2.29. The molecule has 2 aromatic carbocycles. The molecule has 1 heterocycles. The zero-order chi connectivity index (χ0) is 13.9. The predicted octanol–water partition coefficient (Wildman–Crippen LogP) is 4.31. The lowest BCUT2D eigenvalue weighted by Gasteiger charge is -2.07. The molecule has 0 N–H and O–H groups in total. The molecule has 3 nitrogen and oxygen atoms in total. The average Bonchev–Trinajstić information content (AvgIpc) is 2.81. The monoisotopic (exact) mass is 282 g/mol. The van der Waals surface area contributed by atoms with Crippen molar-refractivity contribution in [3.8, 4) is 0 Å². The Hall–Kier alpha value is -2.35. The van der Waals surface area contributed by atoms with Crippen molar-refractivity contribution in [3.05, 3.63) is 65.3 Å². The highest BCUT2D eigenvalue weighted by Gasteiger charge is 2.08. The van der Waals surface area contributed by atoms with Gasteiger partial charge in [-0.25, -0.2) is 4.79 Å². The molecule has 0 bridgehead atoms. The van der Waals surface area contributed by atoms with E-state index in [9.17, 15) is 4.79 Å². The van der Waals surface area contributed by atoms with Crippen molar-refractivity contribution < 1.29 is 4.79 Å². The molecule has 0 aliphatic carbocycles. The zero-order valence-electron chi connectivity index (χ0n) is 10.6. The number of aliphatic imine (C=N–C) groups is 1. The third-order valence-electron chi connectivity index (χ3n) is 3.23. The number of isocyanates is 1. The number of rotatable bonds is 3. The van der Waals surface area contributed by atoms with E-state index >= 15 is 0 Å². The molecule has 0 unspecified atom stereocenters. The van der Waals surface area contributed by atoms with Gasteiger partial charge in [-0.1, -0.05) is 48.0 Å². The van der Waals surface area contributed by atoms with E-state index < -0.39 is 0 Å². The minimum Gasteiger partial charge on any atom is -0.341 e. The number of halogens is 1. The van der Waals surface area contributed by atoms with Crippen LogP contribution in [0.5, 0.6) is 0 Å². The summed E-state index contributed by atoms with van der Waals surface area (Å²) in [4.78, 5) is 14.3. The normalized spacial score (nSPS) is 10.4. The van der Waals surface area contributed by atoms with E-state index in [1.165, 1.54) is 0 Å². The van der Waals surface area contributed by atoms with Crippen molar-refractivity contribution in [2.24, 2.45) is 4.99 Å². The number of para-hydroxylation sites is 1. The minimum atomic E-state index is 0.627. The van der Waals surface area contributed by atoms with Gasteiger partial charge in [0.05, 0.1) is 5.52 Å². The van der Waals surface area contributed by atoms with E-state index in [4.69, 9.17) is 11.6 Å². The lowest BCUT2D eigenvalue weighted by atomic mass is 10.2. The number of benzene rings is 2. The van der Waals surface area contributed by atoms with Gasteiger partial charge in [0.15, 0.2) is 0 Å². The van der Waals surface area contributed by atoms with Crippen LogP contribution in [0.15, 0.2) is 59.7 Å². The summed E-state index contributed by atoms with van der Waals surface area (Å²) in [6.07, 6.45) is 3.45. The van der Waals surface area contributed by atoms with Gasteiger partial charge in [-0.05, 0) is 17.7 Å². The lowest BCUT2D eigenvalue weighted by Crippen LogP contribution is -1.98. The van der Waals surface area contributed by atoms with Crippen molar-refractivity contribution in [3.63, 3.8) is 0 Å². The van der Waals surface area contributed by atoms with Gasteiger partial charge in [0.2, 0.25) is 6.08 Å². The number of aromatic nitrogens is 1. The van der Waals surface area contributed by atoms with E-state index in [0.717, 1.165) is 21.5 Å². The van der Waals surface area contributed by atoms with Gasteiger partial charge in [-0.2, -0.15) is 4.99 Å². The second-order valence-corrected chi connectivity index (χ2v) is 4.86. The Labute approximate surface area is 121 Å². The molecular weight excluding hydrogens is 272 g/mol. The van der Waals surface area contributed by atoms with Gasteiger partial charge in [-0.3, -0.25) is 0 Å². The Balaban J connectivity index is 2.12. The van der Waals surface area contributed by atoms with E-state index in [-0.39, 0.29) is 0 Å². The van der Waals surface area contributed by atoms with E-state index in [1.54, 1.807) is 6.08 Å².